The highest BCUT2D eigenvalue weighted by Crippen LogP contribution is 2.24. The van der Waals surface area contributed by atoms with Gasteiger partial charge in [0, 0.05) is 34.8 Å². The summed E-state index contributed by atoms with van der Waals surface area (Å²) in [6, 6.07) is 18.6. The van der Waals surface area contributed by atoms with Gasteiger partial charge in [-0.05, 0) is 82.3 Å². The lowest BCUT2D eigenvalue weighted by molar-refractivity contribution is -0.384. The number of esters is 1. The number of aromatic nitrogens is 1. The fourth-order valence-corrected chi connectivity index (χ4v) is 4.07. The summed E-state index contributed by atoms with van der Waals surface area (Å²) in [6.07, 6.45) is 0.202. The summed E-state index contributed by atoms with van der Waals surface area (Å²) in [5.74, 6) is -0.0432. The molecule has 0 radical (unpaired) electrons. The SMILES string of the molecule is CCOC(=O)[C@@H](C)Oc1ccc([N+](=O)[O-])cc1/C=N/NC(=O)c1ccc(COc2ccc(-n3c(C)ccc3C)cc2)o1. The number of ether oxygens (including phenoxy) is 3. The summed E-state index contributed by atoms with van der Waals surface area (Å²) in [4.78, 5) is 35.2. The molecule has 0 spiro atoms. The van der Waals surface area contributed by atoms with E-state index in [0.29, 0.717) is 11.5 Å². The number of hydrogen-bond acceptors (Lipinski definition) is 9. The Hall–Kier alpha value is -5.39. The van der Waals surface area contributed by atoms with Crippen molar-refractivity contribution in [1.82, 2.24) is 9.99 Å². The standard InChI is InChI=1S/C30H30N4O8/c1-5-39-30(36)21(4)41-27-14-10-24(34(37)38)16-22(27)17-31-32-29(35)28-15-13-26(42-28)18-40-25-11-8-23(9-12-25)33-19(2)6-7-20(33)3/h6-17,21H,5,18H2,1-4H3,(H,32,35)/b31-17+/t21-/m1/s1. The van der Waals surface area contributed by atoms with E-state index in [0.717, 1.165) is 17.1 Å². The second-order valence-electron chi connectivity index (χ2n) is 9.19. The Balaban J connectivity index is 1.36. The maximum atomic E-state index is 12.6. The molecule has 0 bridgehead atoms. The van der Waals surface area contributed by atoms with Gasteiger partial charge in [-0.15, -0.1) is 0 Å². The van der Waals surface area contributed by atoms with E-state index in [9.17, 15) is 19.7 Å². The van der Waals surface area contributed by atoms with Gasteiger partial charge in [-0.2, -0.15) is 5.10 Å². The van der Waals surface area contributed by atoms with Crippen LogP contribution in [0, 0.1) is 24.0 Å². The predicted molar refractivity (Wildman–Crippen MR) is 153 cm³/mol. The van der Waals surface area contributed by atoms with Crippen LogP contribution >= 0.6 is 0 Å². The van der Waals surface area contributed by atoms with E-state index in [1.165, 1.54) is 37.4 Å². The molecule has 1 atom stereocenters. The lowest BCUT2D eigenvalue weighted by Gasteiger charge is -2.14. The number of nitro benzene ring substituents is 1. The fourth-order valence-electron chi connectivity index (χ4n) is 4.07. The van der Waals surface area contributed by atoms with Gasteiger partial charge in [-0.1, -0.05) is 0 Å². The summed E-state index contributed by atoms with van der Waals surface area (Å²) >= 11 is 0. The summed E-state index contributed by atoms with van der Waals surface area (Å²) in [5.41, 5.74) is 5.55. The first kappa shape index (κ1) is 29.6. The number of benzene rings is 2. The Morgan fingerprint density at radius 2 is 1.79 bits per heavy atom. The van der Waals surface area contributed by atoms with Gasteiger partial charge in [0.2, 0.25) is 0 Å². The van der Waals surface area contributed by atoms with Gasteiger partial charge in [-0.3, -0.25) is 14.9 Å². The number of carbonyl (C=O) groups is 2. The highest BCUT2D eigenvalue weighted by Gasteiger charge is 2.19. The smallest absolute Gasteiger partial charge is 0.347 e. The normalized spacial score (nSPS) is 11.7. The molecule has 12 nitrogen and oxygen atoms in total. The molecule has 4 aromatic rings. The molecule has 0 saturated heterocycles. The lowest BCUT2D eigenvalue weighted by Crippen LogP contribution is -2.26. The first-order valence-corrected chi connectivity index (χ1v) is 13.1. The van der Waals surface area contributed by atoms with Crippen LogP contribution in [0.25, 0.3) is 5.69 Å². The van der Waals surface area contributed by atoms with Crippen LogP contribution in [0.3, 0.4) is 0 Å². The summed E-state index contributed by atoms with van der Waals surface area (Å²) in [6.45, 7) is 7.52. The van der Waals surface area contributed by atoms with Crippen molar-refractivity contribution in [3.8, 4) is 17.2 Å². The number of amides is 1. The van der Waals surface area contributed by atoms with Gasteiger partial charge in [0.15, 0.2) is 11.9 Å². The maximum Gasteiger partial charge on any atom is 0.347 e. The third-order valence-electron chi connectivity index (χ3n) is 6.13. The second-order valence-corrected chi connectivity index (χ2v) is 9.19. The zero-order valence-electron chi connectivity index (χ0n) is 23.5. The molecular weight excluding hydrogens is 544 g/mol. The van der Waals surface area contributed by atoms with Gasteiger partial charge < -0.3 is 23.2 Å². The number of rotatable bonds is 12. The Morgan fingerprint density at radius 1 is 1.07 bits per heavy atom. The van der Waals surface area contributed by atoms with Gasteiger partial charge in [-0.25, -0.2) is 10.2 Å². The van der Waals surface area contributed by atoms with Crippen LogP contribution in [0.15, 0.2) is 76.2 Å². The molecule has 0 aliphatic heterocycles. The molecule has 42 heavy (non-hydrogen) atoms. The molecule has 1 amide bonds. The van der Waals surface area contributed by atoms with Crippen LogP contribution in [0.1, 0.15) is 47.1 Å². The molecule has 0 aliphatic carbocycles. The third kappa shape index (κ3) is 7.22. The minimum absolute atomic E-state index is 0.00824. The van der Waals surface area contributed by atoms with Crippen molar-refractivity contribution in [2.75, 3.05) is 6.61 Å². The number of nitro groups is 1. The molecule has 218 valence electrons. The molecule has 2 aromatic carbocycles. The number of nitrogens with one attached hydrogen (secondary N) is 1. The minimum atomic E-state index is -0.970. The van der Waals surface area contributed by atoms with Crippen LogP contribution < -0.4 is 14.9 Å². The first-order valence-electron chi connectivity index (χ1n) is 13.1. The topological polar surface area (TPSA) is 147 Å². The number of non-ortho nitro benzene ring substituents is 1. The Bertz CT molecular complexity index is 1580. The predicted octanol–water partition coefficient (Wildman–Crippen LogP) is 5.27. The van der Waals surface area contributed by atoms with Gasteiger partial charge in [0.05, 0.1) is 17.7 Å². The van der Waals surface area contributed by atoms with Crippen molar-refractivity contribution in [1.29, 1.82) is 0 Å². The average molecular weight is 575 g/mol. The summed E-state index contributed by atoms with van der Waals surface area (Å²) < 4.78 is 24.0. The van der Waals surface area contributed by atoms with Crippen LogP contribution in [0.2, 0.25) is 0 Å². The van der Waals surface area contributed by atoms with Crippen LogP contribution in [0.5, 0.6) is 11.5 Å². The zero-order chi connectivity index (χ0) is 30.2. The van der Waals surface area contributed by atoms with Crippen LogP contribution in [-0.4, -0.2) is 40.3 Å². The largest absolute Gasteiger partial charge is 0.486 e. The first-order chi connectivity index (χ1) is 20.2. The molecule has 0 fully saturated rings. The number of hydrogen-bond donors (Lipinski definition) is 1. The maximum absolute atomic E-state index is 12.6. The molecule has 0 unspecified atom stereocenters. The molecular formula is C30H30N4O8. The molecule has 2 heterocycles. The average Bonchev–Trinajstić information content (AvgIpc) is 3.59. The molecule has 12 heteroatoms. The molecule has 1 N–H and O–H groups in total. The highest BCUT2D eigenvalue weighted by atomic mass is 16.6. The molecule has 0 saturated carbocycles. The zero-order valence-corrected chi connectivity index (χ0v) is 23.5. The van der Waals surface area contributed by atoms with Crippen molar-refractivity contribution < 1.29 is 33.1 Å². The van der Waals surface area contributed by atoms with Crippen LogP contribution in [-0.2, 0) is 16.1 Å². The summed E-state index contributed by atoms with van der Waals surface area (Å²) in [5, 5.41) is 15.1. The Kier molecular flexibility index (Phi) is 9.38. The van der Waals surface area contributed by atoms with E-state index >= 15 is 0 Å². The van der Waals surface area contributed by atoms with Gasteiger partial charge in [0.25, 0.3) is 5.69 Å². The number of nitrogens with zero attached hydrogens (tertiary/aromatic N) is 3. The van der Waals surface area contributed by atoms with E-state index in [2.05, 4.69) is 27.2 Å². The van der Waals surface area contributed by atoms with Gasteiger partial charge >= 0.3 is 11.9 Å². The van der Waals surface area contributed by atoms with Crippen molar-refractivity contribution in [3.63, 3.8) is 0 Å². The van der Waals surface area contributed by atoms with E-state index < -0.39 is 22.9 Å². The molecule has 0 aliphatic rings. The van der Waals surface area contributed by atoms with Crippen molar-refractivity contribution in [3.05, 3.63) is 105 Å². The van der Waals surface area contributed by atoms with Crippen LogP contribution in [0.4, 0.5) is 5.69 Å². The quantitative estimate of drug-likeness (QED) is 0.104. The van der Waals surface area contributed by atoms with Gasteiger partial charge in [0.1, 0.15) is 23.9 Å². The molecule has 4 rings (SSSR count). The van der Waals surface area contributed by atoms with E-state index in [1.54, 1.807) is 13.0 Å². The number of furan rings is 1. The Labute approximate surface area is 241 Å². The van der Waals surface area contributed by atoms with E-state index in [1.807, 2.05) is 38.1 Å². The van der Waals surface area contributed by atoms with E-state index in [-0.39, 0.29) is 36.0 Å². The minimum Gasteiger partial charge on any atom is -0.486 e. The summed E-state index contributed by atoms with van der Waals surface area (Å²) in [7, 11) is 0. The van der Waals surface area contributed by atoms with E-state index in [4.69, 9.17) is 18.6 Å². The third-order valence-corrected chi connectivity index (χ3v) is 6.13. The lowest BCUT2D eigenvalue weighted by atomic mass is 10.2. The Morgan fingerprint density at radius 3 is 2.45 bits per heavy atom. The second kappa shape index (κ2) is 13.3. The number of hydrazone groups is 1. The highest BCUT2D eigenvalue weighted by molar-refractivity contribution is 5.93. The van der Waals surface area contributed by atoms with Crippen molar-refractivity contribution in [2.24, 2.45) is 5.10 Å². The van der Waals surface area contributed by atoms with Crippen molar-refractivity contribution in [2.45, 2.75) is 40.4 Å². The van der Waals surface area contributed by atoms with Crippen molar-refractivity contribution >= 4 is 23.8 Å². The monoisotopic (exact) mass is 574 g/mol. The fraction of sp³-hybridized carbons (Fsp3) is 0.233. The number of aryl methyl sites for hydroxylation is 2. The number of carbonyl (C=O) groups excluding carboxylic acids is 2. The molecule has 2 aromatic heterocycles.